The highest BCUT2D eigenvalue weighted by molar-refractivity contribution is 7.82. The third kappa shape index (κ3) is 7.45. The minimum absolute atomic E-state index is 0.113. The molecule has 0 bridgehead atoms. The standard InChI is InChI=1S/C16H24O5S/c1-3-4-5-6-8-11-14(2)16(17)21-22(18,19)20-15-12-9-7-10-13-15/h7,9-10,12-14H,3-6,8,11H2,1-2H3. The van der Waals surface area contributed by atoms with Crippen molar-refractivity contribution in [1.29, 1.82) is 0 Å². The zero-order valence-electron chi connectivity index (χ0n) is 13.2. The van der Waals surface area contributed by atoms with Gasteiger partial charge in [0.1, 0.15) is 5.75 Å². The molecular formula is C16H24O5S. The van der Waals surface area contributed by atoms with Crippen LogP contribution < -0.4 is 4.18 Å². The average molecular weight is 328 g/mol. The van der Waals surface area contributed by atoms with Gasteiger partial charge in [0.15, 0.2) is 0 Å². The van der Waals surface area contributed by atoms with Crippen molar-refractivity contribution in [1.82, 2.24) is 0 Å². The molecule has 0 radical (unpaired) electrons. The number of hydrogen-bond acceptors (Lipinski definition) is 5. The van der Waals surface area contributed by atoms with Crippen LogP contribution in [0.2, 0.25) is 0 Å². The number of carbonyl (C=O) groups is 1. The topological polar surface area (TPSA) is 69.7 Å². The van der Waals surface area contributed by atoms with E-state index in [-0.39, 0.29) is 5.75 Å². The summed E-state index contributed by atoms with van der Waals surface area (Å²) in [6.07, 6.45) is 6.01. The first-order valence-corrected chi connectivity index (χ1v) is 9.00. The van der Waals surface area contributed by atoms with Crippen LogP contribution in [0, 0.1) is 5.92 Å². The van der Waals surface area contributed by atoms with E-state index in [4.69, 9.17) is 4.18 Å². The van der Waals surface area contributed by atoms with Crippen LogP contribution in [0.5, 0.6) is 5.75 Å². The Morgan fingerprint density at radius 2 is 1.73 bits per heavy atom. The highest BCUT2D eigenvalue weighted by Gasteiger charge is 2.24. The van der Waals surface area contributed by atoms with E-state index in [1.807, 2.05) is 0 Å². The number of rotatable bonds is 10. The Morgan fingerprint density at radius 3 is 2.36 bits per heavy atom. The summed E-state index contributed by atoms with van der Waals surface area (Å²) in [6.45, 7) is 3.80. The van der Waals surface area contributed by atoms with Crippen molar-refractivity contribution in [2.24, 2.45) is 5.92 Å². The molecule has 1 unspecified atom stereocenters. The van der Waals surface area contributed by atoms with Gasteiger partial charge in [-0.1, -0.05) is 64.2 Å². The van der Waals surface area contributed by atoms with Crippen molar-refractivity contribution >= 4 is 16.4 Å². The molecule has 0 amide bonds. The molecule has 22 heavy (non-hydrogen) atoms. The van der Waals surface area contributed by atoms with E-state index < -0.39 is 22.3 Å². The molecule has 1 atom stereocenters. The summed E-state index contributed by atoms with van der Waals surface area (Å²) in [6, 6.07) is 7.94. The van der Waals surface area contributed by atoms with Crippen molar-refractivity contribution in [3.63, 3.8) is 0 Å². The number of carbonyl (C=O) groups excluding carboxylic acids is 1. The number of benzene rings is 1. The molecule has 1 aromatic carbocycles. The first-order valence-electron chi connectivity index (χ1n) is 7.67. The van der Waals surface area contributed by atoms with Gasteiger partial charge in [-0.15, -0.1) is 8.42 Å². The van der Waals surface area contributed by atoms with Crippen molar-refractivity contribution in [2.45, 2.75) is 52.4 Å². The second kappa shape index (κ2) is 9.46. The van der Waals surface area contributed by atoms with Crippen molar-refractivity contribution in [3.8, 4) is 5.75 Å². The van der Waals surface area contributed by atoms with Crippen LogP contribution in [0.1, 0.15) is 52.4 Å². The molecule has 1 aromatic rings. The van der Waals surface area contributed by atoms with Gasteiger partial charge in [-0.3, -0.25) is 4.79 Å². The summed E-state index contributed by atoms with van der Waals surface area (Å²) in [4.78, 5) is 11.8. The molecular weight excluding hydrogens is 304 g/mol. The van der Waals surface area contributed by atoms with Gasteiger partial charge >= 0.3 is 16.4 Å². The second-order valence-corrected chi connectivity index (χ2v) is 6.46. The predicted molar refractivity (Wildman–Crippen MR) is 84.6 cm³/mol. The summed E-state index contributed by atoms with van der Waals surface area (Å²) in [5, 5.41) is 0. The molecule has 0 N–H and O–H groups in total. The largest absolute Gasteiger partial charge is 0.503 e. The zero-order chi connectivity index (χ0) is 16.4. The summed E-state index contributed by atoms with van der Waals surface area (Å²) < 4.78 is 32.5. The minimum atomic E-state index is -4.37. The van der Waals surface area contributed by atoms with Crippen molar-refractivity contribution < 1.29 is 21.6 Å². The maximum absolute atomic E-state index is 11.8. The Bertz CT molecular complexity index is 539. The van der Waals surface area contributed by atoms with E-state index in [1.165, 1.54) is 18.6 Å². The molecule has 0 saturated carbocycles. The molecule has 0 fully saturated rings. The molecule has 0 aliphatic carbocycles. The van der Waals surface area contributed by atoms with E-state index in [0.29, 0.717) is 6.42 Å². The minimum Gasteiger partial charge on any atom is -0.353 e. The van der Waals surface area contributed by atoms with Crippen molar-refractivity contribution in [3.05, 3.63) is 30.3 Å². The van der Waals surface area contributed by atoms with Gasteiger partial charge in [0.25, 0.3) is 0 Å². The Morgan fingerprint density at radius 1 is 1.09 bits per heavy atom. The van der Waals surface area contributed by atoms with E-state index in [1.54, 1.807) is 25.1 Å². The van der Waals surface area contributed by atoms with E-state index in [0.717, 1.165) is 25.7 Å². The highest BCUT2D eigenvalue weighted by Crippen LogP contribution is 2.16. The number of para-hydroxylation sites is 1. The van der Waals surface area contributed by atoms with Gasteiger partial charge in [0.05, 0.1) is 5.92 Å². The van der Waals surface area contributed by atoms with Crippen LogP contribution in [0.25, 0.3) is 0 Å². The number of hydrogen-bond donors (Lipinski definition) is 0. The third-order valence-electron chi connectivity index (χ3n) is 3.27. The first kappa shape index (κ1) is 18.5. The Kier molecular flexibility index (Phi) is 7.95. The van der Waals surface area contributed by atoms with Gasteiger partial charge in [-0.05, 0) is 18.6 Å². The summed E-state index contributed by atoms with van der Waals surface area (Å²) >= 11 is 0. The smallest absolute Gasteiger partial charge is 0.353 e. The Hall–Kier alpha value is -1.56. The van der Waals surface area contributed by atoms with Crippen LogP contribution in [-0.4, -0.2) is 14.4 Å². The lowest BCUT2D eigenvalue weighted by molar-refractivity contribution is -0.138. The van der Waals surface area contributed by atoms with Crippen LogP contribution in [0.15, 0.2) is 30.3 Å². The van der Waals surface area contributed by atoms with Crippen LogP contribution in [-0.2, 0) is 19.4 Å². The monoisotopic (exact) mass is 328 g/mol. The molecule has 0 spiro atoms. The zero-order valence-corrected chi connectivity index (χ0v) is 14.0. The second-order valence-electron chi connectivity index (χ2n) is 5.31. The van der Waals surface area contributed by atoms with Gasteiger partial charge < -0.3 is 8.37 Å². The molecule has 0 aromatic heterocycles. The molecule has 0 heterocycles. The fourth-order valence-corrected chi connectivity index (χ4v) is 2.71. The van der Waals surface area contributed by atoms with Crippen molar-refractivity contribution in [2.75, 3.05) is 0 Å². The molecule has 0 aliphatic heterocycles. The molecule has 0 aliphatic rings. The quantitative estimate of drug-likeness (QED) is 0.610. The third-order valence-corrected chi connectivity index (χ3v) is 4.03. The van der Waals surface area contributed by atoms with Crippen LogP contribution >= 0.6 is 0 Å². The van der Waals surface area contributed by atoms with Crippen LogP contribution in [0.4, 0.5) is 0 Å². The van der Waals surface area contributed by atoms with E-state index in [2.05, 4.69) is 11.1 Å². The lowest BCUT2D eigenvalue weighted by Gasteiger charge is -2.11. The lowest BCUT2D eigenvalue weighted by atomic mass is 10.0. The Balaban J connectivity index is 2.39. The fourth-order valence-electron chi connectivity index (χ4n) is 1.97. The fraction of sp³-hybridized carbons (Fsp3) is 0.562. The maximum Gasteiger partial charge on any atom is 0.503 e. The molecule has 0 saturated heterocycles. The van der Waals surface area contributed by atoms with Crippen LogP contribution in [0.3, 0.4) is 0 Å². The SMILES string of the molecule is CCCCCCCC(C)C(=O)OS(=O)(=O)Oc1ccccc1. The van der Waals surface area contributed by atoms with E-state index in [9.17, 15) is 13.2 Å². The van der Waals surface area contributed by atoms with Gasteiger partial charge in [0, 0.05) is 0 Å². The summed E-state index contributed by atoms with van der Waals surface area (Å²) in [5.74, 6) is -1.12. The first-order chi connectivity index (χ1) is 10.4. The number of unbranched alkanes of at least 4 members (excludes halogenated alkanes) is 4. The molecule has 5 nitrogen and oxygen atoms in total. The normalized spacial score (nSPS) is 12.6. The molecule has 1 rings (SSSR count). The van der Waals surface area contributed by atoms with Gasteiger partial charge in [-0.25, -0.2) is 0 Å². The van der Waals surface area contributed by atoms with Gasteiger partial charge in [-0.2, -0.15) is 0 Å². The Labute approximate surface area is 133 Å². The van der Waals surface area contributed by atoms with E-state index >= 15 is 0 Å². The average Bonchev–Trinajstić information content (AvgIpc) is 2.46. The molecule has 6 heteroatoms. The summed E-state index contributed by atoms with van der Waals surface area (Å²) in [5.41, 5.74) is 0. The predicted octanol–water partition coefficient (Wildman–Crippen LogP) is 3.85. The molecule has 124 valence electrons. The lowest BCUT2D eigenvalue weighted by Crippen LogP contribution is -2.22. The van der Waals surface area contributed by atoms with Gasteiger partial charge in [0.2, 0.25) is 0 Å². The summed E-state index contributed by atoms with van der Waals surface area (Å²) in [7, 11) is -4.37. The highest BCUT2D eigenvalue weighted by atomic mass is 32.3. The maximum atomic E-state index is 11.8.